The zero-order valence-corrected chi connectivity index (χ0v) is 15.4. The molecule has 0 spiro atoms. The minimum atomic E-state index is -0.918. The average molecular weight is 373 g/mol. The number of hydrogen-bond acceptors (Lipinski definition) is 4. The number of benzene rings is 2. The number of carbonyl (C=O) groups excluding carboxylic acids is 1. The van der Waals surface area contributed by atoms with Gasteiger partial charge >= 0.3 is 11.9 Å². The van der Waals surface area contributed by atoms with E-state index in [1.54, 1.807) is 12.1 Å². The number of rotatable bonds is 3. The molecule has 0 saturated heterocycles. The highest BCUT2D eigenvalue weighted by Gasteiger charge is 2.24. The molecule has 3 aromatic rings. The first-order chi connectivity index (χ1) is 13.6. The van der Waals surface area contributed by atoms with Crippen LogP contribution in [-0.4, -0.2) is 29.1 Å². The van der Waals surface area contributed by atoms with Crippen LogP contribution < -0.4 is 0 Å². The molecular weight excluding hydrogens is 354 g/mol. The topological polar surface area (TPSA) is 76.5 Å². The molecule has 0 atom stereocenters. The van der Waals surface area contributed by atoms with Gasteiger partial charge in [-0.15, -0.1) is 0 Å². The second-order valence-corrected chi connectivity index (χ2v) is 6.77. The van der Waals surface area contributed by atoms with Crippen molar-refractivity contribution in [2.75, 3.05) is 7.11 Å². The SMILES string of the molecule is COC(=O)c1ccc(/C=C2\CCCc3c2nc2ccccc2c3C(=O)O)cc1. The summed E-state index contributed by atoms with van der Waals surface area (Å²) in [4.78, 5) is 28.4. The fourth-order valence-electron chi connectivity index (χ4n) is 3.75. The van der Waals surface area contributed by atoms with E-state index < -0.39 is 5.97 Å². The fraction of sp³-hybridized carbons (Fsp3) is 0.174. The molecule has 0 aliphatic heterocycles. The number of aromatic carboxylic acids is 1. The standard InChI is InChI=1S/C23H19NO4/c1-28-23(27)15-11-9-14(10-12-15)13-16-5-4-7-18-20(22(25)26)17-6-2-3-8-19(17)24-21(16)18/h2-3,6,8-13H,4-5,7H2,1H3,(H,25,26)/b16-13+. The Morgan fingerprint density at radius 3 is 2.54 bits per heavy atom. The van der Waals surface area contributed by atoms with Crippen molar-refractivity contribution in [1.82, 2.24) is 4.98 Å². The third-order valence-electron chi connectivity index (χ3n) is 5.06. The van der Waals surface area contributed by atoms with Crippen LogP contribution in [0.3, 0.4) is 0 Å². The van der Waals surface area contributed by atoms with E-state index in [9.17, 15) is 14.7 Å². The van der Waals surface area contributed by atoms with E-state index >= 15 is 0 Å². The number of nitrogens with zero attached hydrogens (tertiary/aromatic N) is 1. The van der Waals surface area contributed by atoms with Gasteiger partial charge in [0.2, 0.25) is 0 Å². The number of pyridine rings is 1. The molecule has 1 aliphatic carbocycles. The number of hydrogen-bond donors (Lipinski definition) is 1. The van der Waals surface area contributed by atoms with Crippen LogP contribution in [0, 0.1) is 0 Å². The molecule has 28 heavy (non-hydrogen) atoms. The summed E-state index contributed by atoms with van der Waals surface area (Å²) in [5, 5.41) is 10.5. The molecule has 140 valence electrons. The molecule has 5 nitrogen and oxygen atoms in total. The molecular formula is C23H19NO4. The molecule has 1 N–H and O–H groups in total. The Balaban J connectivity index is 1.84. The van der Waals surface area contributed by atoms with Crippen molar-refractivity contribution in [3.05, 3.63) is 76.5 Å². The van der Waals surface area contributed by atoms with Gasteiger partial charge < -0.3 is 9.84 Å². The van der Waals surface area contributed by atoms with E-state index in [0.717, 1.165) is 35.2 Å². The van der Waals surface area contributed by atoms with Crippen LogP contribution in [0.15, 0.2) is 48.5 Å². The van der Waals surface area contributed by atoms with Crippen molar-refractivity contribution in [2.45, 2.75) is 19.3 Å². The van der Waals surface area contributed by atoms with Crippen LogP contribution in [0.4, 0.5) is 0 Å². The van der Waals surface area contributed by atoms with Crippen molar-refractivity contribution in [2.24, 2.45) is 0 Å². The van der Waals surface area contributed by atoms with Gasteiger partial charge in [0.1, 0.15) is 0 Å². The van der Waals surface area contributed by atoms with Crippen molar-refractivity contribution in [3.63, 3.8) is 0 Å². The molecule has 1 heterocycles. The number of carboxylic acids is 1. The molecule has 5 heteroatoms. The molecule has 0 saturated carbocycles. The summed E-state index contributed by atoms with van der Waals surface area (Å²) < 4.78 is 4.73. The van der Waals surface area contributed by atoms with Gasteiger partial charge in [0.15, 0.2) is 0 Å². The molecule has 4 rings (SSSR count). The Morgan fingerprint density at radius 2 is 1.82 bits per heavy atom. The first-order valence-electron chi connectivity index (χ1n) is 9.12. The van der Waals surface area contributed by atoms with Gasteiger partial charge in [-0.05, 0) is 60.2 Å². The highest BCUT2D eigenvalue weighted by Crippen LogP contribution is 2.36. The van der Waals surface area contributed by atoms with E-state index in [1.807, 2.05) is 42.5 Å². The Hall–Kier alpha value is -3.47. The molecule has 0 radical (unpaired) electrons. The van der Waals surface area contributed by atoms with Crippen molar-refractivity contribution < 1.29 is 19.4 Å². The lowest BCUT2D eigenvalue weighted by Gasteiger charge is -2.21. The summed E-state index contributed by atoms with van der Waals surface area (Å²) in [6.07, 6.45) is 4.43. The molecule has 0 fully saturated rings. The monoisotopic (exact) mass is 373 g/mol. The van der Waals surface area contributed by atoms with Crippen LogP contribution >= 0.6 is 0 Å². The van der Waals surface area contributed by atoms with Gasteiger partial charge in [-0.1, -0.05) is 30.3 Å². The molecule has 0 amide bonds. The summed E-state index contributed by atoms with van der Waals surface area (Å²) in [6, 6.07) is 14.5. The maximum Gasteiger partial charge on any atom is 0.337 e. The van der Waals surface area contributed by atoms with Crippen molar-refractivity contribution in [3.8, 4) is 0 Å². The second kappa shape index (κ2) is 7.27. The zero-order chi connectivity index (χ0) is 19.7. The Bertz CT molecular complexity index is 1110. The normalized spacial score (nSPS) is 14.7. The number of fused-ring (bicyclic) bond motifs is 2. The highest BCUT2D eigenvalue weighted by atomic mass is 16.5. The summed E-state index contributed by atoms with van der Waals surface area (Å²) in [7, 11) is 1.35. The minimum Gasteiger partial charge on any atom is -0.478 e. The number of carbonyl (C=O) groups is 2. The summed E-state index contributed by atoms with van der Waals surface area (Å²) >= 11 is 0. The lowest BCUT2D eigenvalue weighted by molar-refractivity contribution is 0.0599. The summed E-state index contributed by atoms with van der Waals surface area (Å²) in [6.45, 7) is 0. The Kier molecular flexibility index (Phi) is 4.65. The van der Waals surface area contributed by atoms with Gasteiger partial charge in [0.05, 0.1) is 29.4 Å². The molecule has 2 aromatic carbocycles. The van der Waals surface area contributed by atoms with Gasteiger partial charge in [-0.2, -0.15) is 0 Å². The lowest BCUT2D eigenvalue weighted by atomic mass is 9.86. The van der Waals surface area contributed by atoms with Crippen LogP contribution in [0.2, 0.25) is 0 Å². The third-order valence-corrected chi connectivity index (χ3v) is 5.06. The Labute approximate surface area is 162 Å². The molecule has 0 unspecified atom stereocenters. The van der Waals surface area contributed by atoms with Gasteiger partial charge in [0, 0.05) is 5.39 Å². The molecule has 1 aromatic heterocycles. The Morgan fingerprint density at radius 1 is 1.07 bits per heavy atom. The first kappa shape index (κ1) is 17.9. The van der Waals surface area contributed by atoms with Gasteiger partial charge in [0.25, 0.3) is 0 Å². The number of para-hydroxylation sites is 1. The average Bonchev–Trinajstić information content (AvgIpc) is 2.72. The second-order valence-electron chi connectivity index (χ2n) is 6.77. The lowest BCUT2D eigenvalue weighted by Crippen LogP contribution is -2.13. The fourth-order valence-corrected chi connectivity index (χ4v) is 3.75. The van der Waals surface area contributed by atoms with Gasteiger partial charge in [-0.3, -0.25) is 0 Å². The number of ether oxygens (including phenoxy) is 1. The maximum absolute atomic E-state index is 12.0. The van der Waals surface area contributed by atoms with Crippen LogP contribution in [-0.2, 0) is 11.2 Å². The summed E-state index contributed by atoms with van der Waals surface area (Å²) in [5.74, 6) is -1.29. The third kappa shape index (κ3) is 3.16. The quantitative estimate of drug-likeness (QED) is 0.679. The maximum atomic E-state index is 12.0. The molecule has 0 bridgehead atoms. The smallest absolute Gasteiger partial charge is 0.337 e. The van der Waals surface area contributed by atoms with Gasteiger partial charge in [-0.25, -0.2) is 14.6 Å². The van der Waals surface area contributed by atoms with E-state index in [2.05, 4.69) is 0 Å². The van der Waals surface area contributed by atoms with Crippen molar-refractivity contribution >= 4 is 34.5 Å². The van der Waals surface area contributed by atoms with E-state index in [0.29, 0.717) is 28.5 Å². The van der Waals surface area contributed by atoms with Crippen LogP contribution in [0.1, 0.15) is 50.4 Å². The van der Waals surface area contributed by atoms with E-state index in [4.69, 9.17) is 9.72 Å². The number of esters is 1. The van der Waals surface area contributed by atoms with E-state index in [-0.39, 0.29) is 5.97 Å². The number of carboxylic acid groups (broad SMARTS) is 1. The van der Waals surface area contributed by atoms with Crippen LogP contribution in [0.5, 0.6) is 0 Å². The number of aromatic nitrogens is 1. The summed E-state index contributed by atoms with van der Waals surface area (Å²) in [5.41, 5.74) is 5.04. The van der Waals surface area contributed by atoms with E-state index in [1.165, 1.54) is 7.11 Å². The zero-order valence-electron chi connectivity index (χ0n) is 15.4. The predicted molar refractivity (Wildman–Crippen MR) is 107 cm³/mol. The minimum absolute atomic E-state index is 0.354. The predicted octanol–water partition coefficient (Wildman–Crippen LogP) is 4.60. The largest absolute Gasteiger partial charge is 0.478 e. The molecule has 1 aliphatic rings. The van der Waals surface area contributed by atoms with Crippen LogP contribution in [0.25, 0.3) is 22.6 Å². The number of allylic oxidation sites excluding steroid dienone is 1. The highest BCUT2D eigenvalue weighted by molar-refractivity contribution is 6.05. The van der Waals surface area contributed by atoms with Crippen molar-refractivity contribution in [1.29, 1.82) is 0 Å². The number of methoxy groups -OCH3 is 1. The first-order valence-corrected chi connectivity index (χ1v) is 9.12.